The molecule has 0 bridgehead atoms. The van der Waals surface area contributed by atoms with Crippen molar-refractivity contribution >= 4 is 80.4 Å². The Balaban J connectivity index is 1.09. The van der Waals surface area contributed by atoms with Gasteiger partial charge in [0.15, 0.2) is 11.5 Å². The van der Waals surface area contributed by atoms with Crippen molar-refractivity contribution in [1.82, 2.24) is 26.6 Å². The van der Waals surface area contributed by atoms with E-state index in [1.54, 1.807) is 30.3 Å². The van der Waals surface area contributed by atoms with Crippen LogP contribution in [0.4, 0.5) is 16.2 Å². The van der Waals surface area contributed by atoms with Crippen LogP contribution in [0.5, 0.6) is 5.75 Å². The van der Waals surface area contributed by atoms with E-state index < -0.39 is 68.7 Å². The molecule has 0 fully saturated rings. The molecule has 1 aliphatic carbocycles. The van der Waals surface area contributed by atoms with Gasteiger partial charge in [0.2, 0.25) is 24.0 Å². The van der Waals surface area contributed by atoms with Crippen molar-refractivity contribution in [1.29, 1.82) is 0 Å². The summed E-state index contributed by atoms with van der Waals surface area (Å²) in [5, 5.41) is 51.6. The standard InChI is InChI=1S/C85H113N7O21S/c1-6-45-109-49-50-110-46-42-87-78(98)58-92-72-38-36-66(114(106,107)108)56-68(72)85(4,5)75(92)40-32-62-23-18-22-61(31-39-74-84(2,3)67-25-16-17-26-71(67)91(74)57-77(97)86-43-47-111-51-52-112-48-44-93)80(62)113-65-34-29-60(30-35-65)53-63(81(101)102)55-73(95)70(54-59-20-12-11-13-21-59)89-76(96)27-15-10-8-7-9-14-24-64(94)33-37-69(82(103)104)90-83(105)88-41-19-28-79(99)100/h11-13,16-17,20-21,25-26,29-32,34-36,38-40,56,63,69-70,93H,6-10,14-15,18-19,22-24,27-28,33,37,41-55,57-58H2,1-5H3,(H8-,86,87,88,89,90,96,97,98,99,100,101,102,103,104,105,106,107,108)/p+1/t63-,69+,70+/m1/s1. The zero-order valence-electron chi connectivity index (χ0n) is 66.2. The summed E-state index contributed by atoms with van der Waals surface area (Å²) in [4.78, 5) is 118. The summed E-state index contributed by atoms with van der Waals surface area (Å²) in [6.45, 7) is 13.0. The van der Waals surface area contributed by atoms with Crippen molar-refractivity contribution in [2.45, 2.75) is 184 Å². The largest absolute Gasteiger partial charge is 0.481 e. The lowest BCUT2D eigenvalue weighted by atomic mass is 9.81. The molecule has 5 amide bonds. The highest BCUT2D eigenvalue weighted by molar-refractivity contribution is 7.85. The quantitative estimate of drug-likeness (QED) is 0.0112. The fourth-order valence-corrected chi connectivity index (χ4v) is 14.5. The number of Topliss-reactive ketones (excluding diaryl/α,β-unsaturated/α-hetero) is 2. The fraction of sp³-hybridized carbons (Fsp3) is 0.506. The molecule has 7 rings (SSSR count). The van der Waals surface area contributed by atoms with Gasteiger partial charge in [0.05, 0.1) is 75.1 Å². The van der Waals surface area contributed by atoms with Gasteiger partial charge in [-0.25, -0.2) is 9.59 Å². The maximum absolute atomic E-state index is 14.4. The molecule has 4 aromatic carbocycles. The second-order valence-electron chi connectivity index (χ2n) is 29.6. The summed E-state index contributed by atoms with van der Waals surface area (Å²) in [5.41, 5.74) is 5.92. The van der Waals surface area contributed by atoms with Crippen molar-refractivity contribution in [3.05, 3.63) is 166 Å². The number of allylic oxidation sites excluding steroid dienone is 7. The Hall–Kier alpha value is -9.75. The van der Waals surface area contributed by atoms with E-state index in [1.807, 2.05) is 109 Å². The number of anilines is 1. The number of para-hydroxylation sites is 1. The van der Waals surface area contributed by atoms with Crippen molar-refractivity contribution < 1.29 is 105 Å². The highest BCUT2D eigenvalue weighted by atomic mass is 32.2. The number of aliphatic hydroxyl groups is 1. The second-order valence-corrected chi connectivity index (χ2v) is 31.0. The number of hydrogen-bond donors (Lipinski definition) is 10. The monoisotopic (exact) mass is 1600 g/mol. The van der Waals surface area contributed by atoms with Gasteiger partial charge >= 0.3 is 23.9 Å². The Morgan fingerprint density at radius 2 is 1.24 bits per heavy atom. The Morgan fingerprint density at radius 3 is 1.89 bits per heavy atom. The number of carbonyl (C=O) groups is 9. The maximum Gasteiger partial charge on any atom is 0.326 e. The van der Waals surface area contributed by atoms with Gasteiger partial charge in [0, 0.05) is 92.9 Å². The smallest absolute Gasteiger partial charge is 0.326 e. The summed E-state index contributed by atoms with van der Waals surface area (Å²) < 4.78 is 66.6. The van der Waals surface area contributed by atoms with Gasteiger partial charge in [0.25, 0.3) is 16.0 Å². The van der Waals surface area contributed by atoms with Gasteiger partial charge in [-0.15, -0.1) is 0 Å². The number of ketones is 2. The topological polar surface area (TPSA) is 401 Å². The molecule has 4 aromatic rings. The molecular formula is C85H114N7O21S+. The third kappa shape index (κ3) is 29.3. The number of carboxylic acids is 3. The van der Waals surface area contributed by atoms with Crippen LogP contribution in [0.2, 0.25) is 0 Å². The van der Waals surface area contributed by atoms with E-state index >= 15 is 0 Å². The Morgan fingerprint density at radius 1 is 0.596 bits per heavy atom. The average Bonchev–Trinajstić information content (AvgIpc) is 1.57. The minimum Gasteiger partial charge on any atom is -0.481 e. The average molecular weight is 1600 g/mol. The van der Waals surface area contributed by atoms with Gasteiger partial charge in [-0.05, 0) is 148 Å². The molecule has 0 saturated heterocycles. The lowest BCUT2D eigenvalue weighted by Crippen LogP contribution is -2.46. The molecule has 0 unspecified atom stereocenters. The number of amides is 5. The van der Waals surface area contributed by atoms with E-state index in [4.69, 9.17) is 33.9 Å². The number of rotatable bonds is 53. The molecule has 10 N–H and O–H groups in total. The van der Waals surface area contributed by atoms with Gasteiger partial charge in [-0.1, -0.05) is 113 Å². The van der Waals surface area contributed by atoms with E-state index in [1.165, 1.54) is 12.1 Å². The maximum atomic E-state index is 14.4. The molecule has 3 atom stereocenters. The molecule has 2 heterocycles. The van der Waals surface area contributed by atoms with Gasteiger partial charge in [-0.2, -0.15) is 13.0 Å². The van der Waals surface area contributed by atoms with Crippen LogP contribution in [0.15, 0.2) is 149 Å². The first-order chi connectivity index (χ1) is 54.6. The number of hydrogen-bond acceptors (Lipinski definition) is 18. The molecule has 114 heavy (non-hydrogen) atoms. The fourth-order valence-electron chi connectivity index (χ4n) is 14.0. The van der Waals surface area contributed by atoms with E-state index in [2.05, 4.69) is 40.4 Å². The van der Waals surface area contributed by atoms with Crippen LogP contribution in [0.25, 0.3) is 0 Å². The number of carbonyl (C=O) groups excluding carboxylic acids is 6. The number of nitrogens with zero attached hydrogens (tertiary/aromatic N) is 2. The summed E-state index contributed by atoms with van der Waals surface area (Å²) in [7, 11) is -4.63. The lowest BCUT2D eigenvalue weighted by molar-refractivity contribution is -0.425. The normalized spacial score (nSPS) is 15.8. The first kappa shape index (κ1) is 91.4. The number of unbranched alkanes of at least 4 members (excludes halogenated alkanes) is 5. The highest BCUT2D eigenvalue weighted by Gasteiger charge is 2.46. The molecule has 2 aliphatic heterocycles. The highest BCUT2D eigenvalue weighted by Crippen LogP contribution is 2.49. The van der Waals surface area contributed by atoms with Crippen molar-refractivity contribution in [3.63, 3.8) is 0 Å². The van der Waals surface area contributed by atoms with Crippen LogP contribution in [0, 0.1) is 5.92 Å². The molecule has 0 spiro atoms. The Labute approximate surface area is 668 Å². The molecule has 0 aromatic heterocycles. The minimum atomic E-state index is -4.63. The number of aliphatic hydroxyl groups excluding tert-OH is 1. The second kappa shape index (κ2) is 46.6. The van der Waals surface area contributed by atoms with Gasteiger partial charge < -0.3 is 75.6 Å². The SMILES string of the molecule is CCCOCCOCCNC(=O)CN1C(=CC=C2CCCC(C=CC3=[N+](CC(=O)NCCOCCOCCO)c4ccccc4C3(C)C)=C2Oc2ccc(C[C@H](CC(=O)[C@H](Cc3ccccc3)NC(=O)CCCCCCCCC(=O)CC[C@H](NC(=O)NCCCC(=O)O)C(=O)O)C(=O)O)cc2)C(C)(C)c2cc(S(=O)(=O)O)ccc21. The number of fused-ring (bicyclic) bond motifs is 2. The number of nitrogens with one attached hydrogen (secondary N) is 5. The molecule has 0 saturated carbocycles. The van der Waals surface area contributed by atoms with Crippen LogP contribution in [0.3, 0.4) is 0 Å². The number of carboxylic acid groups (broad SMARTS) is 3. The number of benzene rings is 4. The lowest BCUT2D eigenvalue weighted by Gasteiger charge is -2.27. The number of aliphatic carboxylic acids is 3. The predicted molar refractivity (Wildman–Crippen MR) is 428 cm³/mol. The molecular weight excluding hydrogens is 1490 g/mol. The first-order valence-electron chi connectivity index (χ1n) is 39.4. The third-order valence-corrected chi connectivity index (χ3v) is 20.9. The predicted octanol–water partition coefficient (Wildman–Crippen LogP) is 9.71. The minimum absolute atomic E-state index is 0.00586. The summed E-state index contributed by atoms with van der Waals surface area (Å²) in [6.07, 6.45) is 14.5. The zero-order chi connectivity index (χ0) is 82.6. The van der Waals surface area contributed by atoms with Crippen molar-refractivity contribution in [2.75, 3.05) is 97.1 Å². The number of urea groups is 1. The van der Waals surface area contributed by atoms with Crippen molar-refractivity contribution in [2.24, 2.45) is 5.92 Å². The zero-order valence-corrected chi connectivity index (χ0v) is 67.0. The van der Waals surface area contributed by atoms with Crippen LogP contribution < -0.4 is 36.2 Å². The van der Waals surface area contributed by atoms with Gasteiger partial charge in [-0.3, -0.25) is 38.1 Å². The van der Waals surface area contributed by atoms with E-state index in [0.717, 1.165) is 59.4 Å². The van der Waals surface area contributed by atoms with Crippen LogP contribution >= 0.6 is 0 Å². The van der Waals surface area contributed by atoms with E-state index in [0.29, 0.717) is 106 Å². The molecule has 29 heteroatoms. The van der Waals surface area contributed by atoms with Crippen molar-refractivity contribution in [3.8, 4) is 5.75 Å². The Kier molecular flexibility index (Phi) is 37.4. The Bertz CT molecular complexity index is 4210. The van der Waals surface area contributed by atoms with E-state index in [9.17, 15) is 66.3 Å². The molecule has 620 valence electrons. The van der Waals surface area contributed by atoms with Crippen LogP contribution in [-0.2, 0) is 91.1 Å². The summed E-state index contributed by atoms with van der Waals surface area (Å²) in [5.74, 6) is -5.30. The summed E-state index contributed by atoms with van der Waals surface area (Å²) >= 11 is 0. The molecule has 3 aliphatic rings. The van der Waals surface area contributed by atoms with Gasteiger partial charge in [0.1, 0.15) is 29.9 Å². The third-order valence-electron chi connectivity index (χ3n) is 20.1. The van der Waals surface area contributed by atoms with E-state index in [-0.39, 0.29) is 145 Å². The van der Waals surface area contributed by atoms with Crippen LogP contribution in [-0.4, -0.2) is 201 Å². The summed E-state index contributed by atoms with van der Waals surface area (Å²) in [6, 6.07) is 25.2. The molecule has 28 nitrogen and oxygen atoms in total. The first-order valence-corrected chi connectivity index (χ1v) is 40.8. The van der Waals surface area contributed by atoms with Crippen LogP contribution in [0.1, 0.15) is 166 Å². The molecule has 0 radical (unpaired) electrons. The number of ether oxygens (including phenoxy) is 5.